The van der Waals surface area contributed by atoms with Gasteiger partial charge in [-0.3, -0.25) is 52.7 Å². The van der Waals surface area contributed by atoms with Gasteiger partial charge in [0.25, 0.3) is 35.4 Å². The number of rotatable bonds is 30. The normalized spacial score (nSPS) is 10.9. The van der Waals surface area contributed by atoms with Gasteiger partial charge in [-0.2, -0.15) is 0 Å². The fourth-order valence-corrected chi connectivity index (χ4v) is 8.52. The third-order valence-electron chi connectivity index (χ3n) is 12.7. The van der Waals surface area contributed by atoms with Crippen LogP contribution in [-0.2, 0) is 66.3 Å². The summed E-state index contributed by atoms with van der Waals surface area (Å²) >= 11 is 0. The lowest BCUT2D eigenvalue weighted by Gasteiger charge is -2.10. The van der Waals surface area contributed by atoms with Crippen molar-refractivity contribution >= 4 is 99.5 Å². The molecule has 0 aromatic carbocycles. The molecule has 11 N–H and O–H groups in total. The molecule has 6 aromatic heterocycles. The van der Waals surface area contributed by atoms with Gasteiger partial charge in [0.05, 0.1) is 17.1 Å². The summed E-state index contributed by atoms with van der Waals surface area (Å²) in [5.41, 5.74) is 1.61. The van der Waals surface area contributed by atoms with Crippen molar-refractivity contribution in [3.63, 3.8) is 0 Å². The second-order valence-corrected chi connectivity index (χ2v) is 20.3. The van der Waals surface area contributed by atoms with E-state index in [0.29, 0.717) is 17.9 Å². The Balaban J connectivity index is 0.859. The van der Waals surface area contributed by atoms with Crippen molar-refractivity contribution in [1.29, 1.82) is 0 Å². The summed E-state index contributed by atoms with van der Waals surface area (Å²) in [6, 6.07) is 4.42. The fourth-order valence-electron chi connectivity index (χ4n) is 8.52. The minimum Gasteiger partial charge on any atom is -0.356 e. The first-order valence-corrected chi connectivity index (χ1v) is 27.3. The van der Waals surface area contributed by atoms with E-state index in [1.54, 1.807) is 53.0 Å². The average molecular weight is 1190 g/mol. The third kappa shape index (κ3) is 19.1. The summed E-state index contributed by atoms with van der Waals surface area (Å²) in [7, 11) is 13.5. The van der Waals surface area contributed by atoms with Crippen LogP contribution >= 0.6 is 0 Å². The molecule has 0 unspecified atom stereocenters. The number of aryl methyl sites for hydroxylation is 6. The average Bonchev–Trinajstić information content (AvgIpc) is 3.93. The Labute approximate surface area is 494 Å². The molecule has 0 fully saturated rings. The lowest BCUT2D eigenvalue weighted by molar-refractivity contribution is -0.121. The van der Waals surface area contributed by atoms with Crippen LogP contribution in [0.15, 0.2) is 55.4 Å². The molecule has 0 aliphatic carbocycles. The van der Waals surface area contributed by atoms with E-state index in [9.17, 15) is 52.7 Å². The first-order chi connectivity index (χ1) is 40.8. The van der Waals surface area contributed by atoms with Gasteiger partial charge < -0.3 is 90.8 Å². The third-order valence-corrected chi connectivity index (χ3v) is 12.7. The Morgan fingerprint density at radius 3 is 1.14 bits per heavy atom. The number of hydrogen-bond donors (Lipinski definition) is 11. The van der Waals surface area contributed by atoms with Crippen molar-refractivity contribution < 1.29 is 52.7 Å². The molecule has 0 atom stereocenters. The van der Waals surface area contributed by atoms with Crippen molar-refractivity contribution in [2.75, 3.05) is 85.3 Å². The van der Waals surface area contributed by atoms with Crippen LogP contribution in [0.3, 0.4) is 0 Å². The summed E-state index contributed by atoms with van der Waals surface area (Å²) in [5, 5.41) is 29.5. The molecular formula is C54H73N21O11. The van der Waals surface area contributed by atoms with Gasteiger partial charge >= 0.3 is 0 Å². The van der Waals surface area contributed by atoms with Crippen LogP contribution in [0.25, 0.3) is 0 Å². The Hall–Kier alpha value is -10.4. The molecule has 6 aromatic rings. The Kier molecular flexibility index (Phi) is 22.8. The van der Waals surface area contributed by atoms with Crippen LogP contribution < -0.4 is 58.5 Å². The number of nitrogens with zero attached hydrogens (tertiary/aromatic N) is 10. The van der Waals surface area contributed by atoms with E-state index < -0.39 is 53.2 Å². The monoisotopic (exact) mass is 1190 g/mol. The first kappa shape index (κ1) is 64.8. The van der Waals surface area contributed by atoms with Crippen molar-refractivity contribution in [3.8, 4) is 0 Å². The predicted molar refractivity (Wildman–Crippen MR) is 315 cm³/mol. The van der Waals surface area contributed by atoms with E-state index in [1.165, 1.54) is 78.9 Å². The molecule has 6 rings (SSSR count). The quantitative estimate of drug-likeness (QED) is 0.0275. The molecule has 32 nitrogen and oxygen atoms in total. The zero-order valence-electron chi connectivity index (χ0n) is 49.4. The number of aromatic nitrogens is 9. The standard InChI is InChI=1S/C54H73N21O11/c1-32(76)60-39-29-73(7)46(66-39)52(84)57-18-11-14-44(79)65-41-31-75(9)47(68-41)53(85)62-34-24-37(71(5)27-34)49(81)56-17-10-13-43(78)64-40-30-74(8)48(67-40)54(86)63-35-25-38(72(6)28-35)51(83)59-21-16-45(80)61-33-23-36(70(4)26-33)50(82)58-20-15-42(77)55-19-12-22-69(2)3/h23-31H,10-22H2,1-9H3,(H,55,77)(H,56,81)(H,57,84)(H,58,82)(H,59,83)(H,60,76)(H,61,80)(H,62,85)(H,63,86)(H,64,78)(H,65,79). The van der Waals surface area contributed by atoms with Gasteiger partial charge in [0, 0.05) is 145 Å². The largest absolute Gasteiger partial charge is 0.356 e. The van der Waals surface area contributed by atoms with Gasteiger partial charge in [-0.25, -0.2) is 15.0 Å². The zero-order chi connectivity index (χ0) is 62.8. The number of anilines is 6. The molecule has 32 heteroatoms. The smallest absolute Gasteiger partial charge is 0.291 e. The molecule has 0 radical (unpaired) electrons. The highest BCUT2D eigenvalue weighted by Gasteiger charge is 2.22. The lowest BCUT2D eigenvalue weighted by Crippen LogP contribution is -2.32. The van der Waals surface area contributed by atoms with Gasteiger partial charge in [0.15, 0.2) is 17.5 Å². The van der Waals surface area contributed by atoms with Crippen LogP contribution in [-0.4, -0.2) is 166 Å². The van der Waals surface area contributed by atoms with E-state index in [0.717, 1.165) is 13.0 Å². The molecule has 0 saturated carbocycles. The molecule has 11 amide bonds. The summed E-state index contributed by atoms with van der Waals surface area (Å²) < 4.78 is 8.85. The maximum Gasteiger partial charge on any atom is 0.291 e. The molecule has 6 heterocycles. The number of hydrogen-bond acceptors (Lipinski definition) is 15. The van der Waals surface area contributed by atoms with Gasteiger partial charge in [0.2, 0.25) is 47.0 Å². The Bertz CT molecular complexity index is 3500. The number of nitrogens with one attached hydrogen (secondary N) is 11. The maximum atomic E-state index is 13.3. The van der Waals surface area contributed by atoms with Crippen molar-refractivity contribution in [3.05, 3.63) is 89.9 Å². The van der Waals surface area contributed by atoms with Gasteiger partial charge in [0.1, 0.15) is 17.1 Å². The predicted octanol–water partition coefficient (Wildman–Crippen LogP) is 0.609. The minimum absolute atomic E-state index is 0.0106. The van der Waals surface area contributed by atoms with Crippen LogP contribution in [0.5, 0.6) is 0 Å². The van der Waals surface area contributed by atoms with E-state index >= 15 is 0 Å². The summed E-state index contributed by atoms with van der Waals surface area (Å²) in [6.07, 6.45) is 10.4. The minimum atomic E-state index is -0.631. The number of carbonyl (C=O) groups is 11. The zero-order valence-corrected chi connectivity index (χ0v) is 49.4. The van der Waals surface area contributed by atoms with Crippen LogP contribution in [0, 0.1) is 0 Å². The van der Waals surface area contributed by atoms with Crippen LogP contribution in [0.4, 0.5) is 34.5 Å². The highest BCUT2D eigenvalue weighted by atomic mass is 16.2. The first-order valence-electron chi connectivity index (χ1n) is 27.3. The van der Waals surface area contributed by atoms with Crippen molar-refractivity contribution in [1.82, 2.24) is 73.8 Å². The molecular weight excluding hydrogens is 1120 g/mol. The van der Waals surface area contributed by atoms with E-state index in [-0.39, 0.29) is 134 Å². The van der Waals surface area contributed by atoms with Crippen molar-refractivity contribution in [2.24, 2.45) is 42.3 Å². The van der Waals surface area contributed by atoms with Gasteiger partial charge in [-0.05, 0) is 58.1 Å². The maximum absolute atomic E-state index is 13.3. The number of amides is 11. The molecule has 0 aliphatic heterocycles. The highest BCUT2D eigenvalue weighted by molar-refractivity contribution is 6.05. The molecule has 0 spiro atoms. The number of carbonyl (C=O) groups excluding carboxylic acids is 11. The van der Waals surface area contributed by atoms with Crippen LogP contribution in [0.1, 0.15) is 115 Å². The number of imidazole rings is 3. The molecule has 0 bridgehead atoms. The van der Waals surface area contributed by atoms with E-state index in [1.807, 2.05) is 19.0 Å². The van der Waals surface area contributed by atoms with Crippen LogP contribution in [0.2, 0.25) is 0 Å². The topological polar surface area (TPSA) is 392 Å². The van der Waals surface area contributed by atoms with Crippen molar-refractivity contribution in [2.45, 2.75) is 51.9 Å². The van der Waals surface area contributed by atoms with E-state index in [4.69, 9.17) is 0 Å². The van der Waals surface area contributed by atoms with Gasteiger partial charge in [-0.1, -0.05) is 0 Å². The lowest BCUT2D eigenvalue weighted by atomic mass is 10.3. The second-order valence-electron chi connectivity index (χ2n) is 20.3. The fraction of sp³-hybridized carbons (Fsp3) is 0.407. The molecule has 0 saturated heterocycles. The summed E-state index contributed by atoms with van der Waals surface area (Å²) in [6.45, 7) is 3.11. The second kappa shape index (κ2) is 30.2. The molecule has 86 heavy (non-hydrogen) atoms. The summed E-state index contributed by atoms with van der Waals surface area (Å²) in [4.78, 5) is 154. The van der Waals surface area contributed by atoms with Gasteiger partial charge in [-0.15, -0.1) is 0 Å². The SMILES string of the molecule is CC(=O)Nc1cn(C)c(C(=O)NCCCC(=O)Nc2cn(C)c(C(=O)Nc3cc(C(=O)NCCCC(=O)Nc4cn(C)c(C(=O)Nc5cc(C(=O)NCCC(=O)Nc6cc(C(=O)NCCC(=O)NCCCN(C)C)n(C)c6)n(C)c5)n4)n(C)c3)n2)n1. The molecule has 460 valence electrons. The Morgan fingerprint density at radius 2 is 0.721 bits per heavy atom. The highest BCUT2D eigenvalue weighted by Crippen LogP contribution is 2.19. The Morgan fingerprint density at radius 1 is 0.372 bits per heavy atom. The molecule has 0 aliphatic rings. The van der Waals surface area contributed by atoms with E-state index in [2.05, 4.69) is 73.4 Å². The summed E-state index contributed by atoms with van der Waals surface area (Å²) in [5.74, 6) is -4.40.